The van der Waals surface area contributed by atoms with Crippen molar-refractivity contribution in [1.82, 2.24) is 10.6 Å². The van der Waals surface area contributed by atoms with Crippen LogP contribution in [0.1, 0.15) is 38.3 Å². The summed E-state index contributed by atoms with van der Waals surface area (Å²) in [7, 11) is 0. The zero-order chi connectivity index (χ0) is 12.3. The van der Waals surface area contributed by atoms with Gasteiger partial charge in [-0.3, -0.25) is 0 Å². The van der Waals surface area contributed by atoms with Gasteiger partial charge in [0.2, 0.25) is 0 Å². The molecular weight excluding hydrogens is 228 g/mol. The average Bonchev–Trinajstić information content (AvgIpc) is 3.10. The smallest absolute Gasteiger partial charge is 0.166 e. The van der Waals surface area contributed by atoms with E-state index in [1.165, 1.54) is 18.4 Å². The Morgan fingerprint density at radius 2 is 1.82 bits per heavy atom. The molecule has 1 aromatic carbocycles. The van der Waals surface area contributed by atoms with Gasteiger partial charge < -0.3 is 10.6 Å². The molecule has 1 atom stereocenters. The fraction of sp³-hybridized carbons (Fsp3) is 0.500. The summed E-state index contributed by atoms with van der Waals surface area (Å²) in [5, 5.41) is 7.46. The summed E-state index contributed by atoms with van der Waals surface area (Å²) >= 11 is 5.33. The van der Waals surface area contributed by atoms with Gasteiger partial charge in [0.1, 0.15) is 0 Å². The minimum atomic E-state index is 0.370. The molecule has 3 heteroatoms. The first-order valence-electron chi connectivity index (χ1n) is 6.29. The third-order valence-corrected chi connectivity index (χ3v) is 3.19. The van der Waals surface area contributed by atoms with E-state index in [1.807, 2.05) is 0 Å². The maximum atomic E-state index is 5.33. The van der Waals surface area contributed by atoms with Gasteiger partial charge in [-0.25, -0.2) is 0 Å². The van der Waals surface area contributed by atoms with Crippen LogP contribution in [-0.2, 0) is 0 Å². The lowest BCUT2D eigenvalue weighted by Crippen LogP contribution is -2.41. The van der Waals surface area contributed by atoms with Gasteiger partial charge in [-0.1, -0.05) is 30.3 Å². The zero-order valence-electron chi connectivity index (χ0n) is 10.4. The molecular formula is C14H20N2S. The summed E-state index contributed by atoms with van der Waals surface area (Å²) in [6.45, 7) is 4.20. The molecule has 0 bridgehead atoms. The molecule has 1 saturated carbocycles. The molecule has 0 spiro atoms. The van der Waals surface area contributed by atoms with E-state index in [0.29, 0.717) is 12.1 Å². The summed E-state index contributed by atoms with van der Waals surface area (Å²) in [5.74, 6) is 0.740. The fourth-order valence-electron chi connectivity index (χ4n) is 2.01. The lowest BCUT2D eigenvalue weighted by atomic mass is 10.0. The van der Waals surface area contributed by atoms with Crippen molar-refractivity contribution in [3.63, 3.8) is 0 Å². The van der Waals surface area contributed by atoms with Gasteiger partial charge in [0.15, 0.2) is 5.11 Å². The van der Waals surface area contributed by atoms with Crippen molar-refractivity contribution in [3.05, 3.63) is 35.9 Å². The number of rotatable bonds is 4. The Hall–Kier alpha value is -1.09. The van der Waals surface area contributed by atoms with Crippen molar-refractivity contribution >= 4 is 17.3 Å². The average molecular weight is 248 g/mol. The van der Waals surface area contributed by atoms with Crippen molar-refractivity contribution in [2.24, 2.45) is 5.92 Å². The Morgan fingerprint density at radius 3 is 2.35 bits per heavy atom. The Morgan fingerprint density at radius 1 is 1.18 bits per heavy atom. The van der Waals surface area contributed by atoms with E-state index >= 15 is 0 Å². The topological polar surface area (TPSA) is 24.1 Å². The molecule has 0 amide bonds. The molecule has 2 nitrogen and oxygen atoms in total. The predicted molar refractivity (Wildman–Crippen MR) is 75.9 cm³/mol. The highest BCUT2D eigenvalue weighted by atomic mass is 32.1. The maximum absolute atomic E-state index is 5.33. The van der Waals surface area contributed by atoms with E-state index in [0.717, 1.165) is 11.0 Å². The first-order chi connectivity index (χ1) is 8.16. The Balaban J connectivity index is 2.01. The summed E-state index contributed by atoms with van der Waals surface area (Å²) in [6.07, 6.45) is 2.60. The quantitative estimate of drug-likeness (QED) is 0.801. The van der Waals surface area contributed by atoms with Gasteiger partial charge >= 0.3 is 0 Å². The standard InChI is InChI=1S/C14H20N2S/c1-10(2)15-14(17)16-13(12-8-9-12)11-6-4-3-5-7-11/h3-7,10,12-13H,8-9H2,1-2H3,(H2,15,16,17)/t13-/m0/s1. The second-order valence-corrected chi connectivity index (χ2v) is 5.41. The summed E-state index contributed by atoms with van der Waals surface area (Å²) in [5.41, 5.74) is 1.34. The minimum Gasteiger partial charge on any atom is -0.361 e. The van der Waals surface area contributed by atoms with Crippen molar-refractivity contribution in [1.29, 1.82) is 0 Å². The normalized spacial score (nSPS) is 16.6. The third kappa shape index (κ3) is 3.70. The van der Waals surface area contributed by atoms with Crippen LogP contribution in [0.25, 0.3) is 0 Å². The Kier molecular flexibility index (Phi) is 4.00. The van der Waals surface area contributed by atoms with Gasteiger partial charge in [0, 0.05) is 6.04 Å². The monoisotopic (exact) mass is 248 g/mol. The van der Waals surface area contributed by atoms with Gasteiger partial charge in [0.05, 0.1) is 6.04 Å². The maximum Gasteiger partial charge on any atom is 0.166 e. The molecule has 1 aromatic rings. The third-order valence-electron chi connectivity index (χ3n) is 2.96. The van der Waals surface area contributed by atoms with Crippen molar-refractivity contribution < 1.29 is 0 Å². The first-order valence-corrected chi connectivity index (χ1v) is 6.69. The number of benzene rings is 1. The van der Waals surface area contributed by atoms with Crippen LogP contribution in [0.4, 0.5) is 0 Å². The van der Waals surface area contributed by atoms with Crippen LogP contribution in [-0.4, -0.2) is 11.2 Å². The number of nitrogens with one attached hydrogen (secondary N) is 2. The Bertz CT molecular complexity index is 371. The van der Waals surface area contributed by atoms with Crippen LogP contribution < -0.4 is 10.6 Å². The molecule has 17 heavy (non-hydrogen) atoms. The highest BCUT2D eigenvalue weighted by Crippen LogP contribution is 2.40. The first kappa shape index (κ1) is 12.4. The van der Waals surface area contributed by atoms with Crippen molar-refractivity contribution in [3.8, 4) is 0 Å². The van der Waals surface area contributed by atoms with Crippen LogP contribution in [0.3, 0.4) is 0 Å². The molecule has 0 aromatic heterocycles. The highest BCUT2D eigenvalue weighted by Gasteiger charge is 2.32. The molecule has 0 aliphatic heterocycles. The van der Waals surface area contributed by atoms with E-state index in [2.05, 4.69) is 54.8 Å². The minimum absolute atomic E-state index is 0.370. The number of hydrogen-bond acceptors (Lipinski definition) is 1. The molecule has 0 unspecified atom stereocenters. The summed E-state index contributed by atoms with van der Waals surface area (Å²) in [4.78, 5) is 0. The van der Waals surface area contributed by atoms with E-state index in [1.54, 1.807) is 0 Å². The molecule has 0 saturated heterocycles. The summed E-state index contributed by atoms with van der Waals surface area (Å²) < 4.78 is 0. The predicted octanol–water partition coefficient (Wildman–Crippen LogP) is 3.01. The molecule has 0 heterocycles. The zero-order valence-corrected chi connectivity index (χ0v) is 11.3. The largest absolute Gasteiger partial charge is 0.361 e. The number of thiocarbonyl (C=S) groups is 1. The molecule has 0 radical (unpaired) electrons. The van der Waals surface area contributed by atoms with Gasteiger partial charge in [0.25, 0.3) is 0 Å². The molecule has 1 aliphatic rings. The lowest BCUT2D eigenvalue weighted by Gasteiger charge is -2.22. The van der Waals surface area contributed by atoms with Gasteiger partial charge in [-0.05, 0) is 50.4 Å². The van der Waals surface area contributed by atoms with E-state index < -0.39 is 0 Å². The highest BCUT2D eigenvalue weighted by molar-refractivity contribution is 7.80. The van der Waals surface area contributed by atoms with Gasteiger partial charge in [-0.15, -0.1) is 0 Å². The molecule has 92 valence electrons. The second kappa shape index (κ2) is 5.50. The Labute approximate surface area is 109 Å². The van der Waals surface area contributed by atoms with Crippen LogP contribution in [0.15, 0.2) is 30.3 Å². The number of hydrogen-bond donors (Lipinski definition) is 2. The van der Waals surface area contributed by atoms with E-state index in [9.17, 15) is 0 Å². The SMILES string of the molecule is CC(C)NC(=S)N[C@@H](c1ccccc1)C1CC1. The van der Waals surface area contributed by atoms with Crippen molar-refractivity contribution in [2.75, 3.05) is 0 Å². The molecule has 2 rings (SSSR count). The summed E-state index contributed by atoms with van der Waals surface area (Å²) in [6, 6.07) is 11.3. The molecule has 1 aliphatic carbocycles. The van der Waals surface area contributed by atoms with Crippen LogP contribution in [0, 0.1) is 5.92 Å². The second-order valence-electron chi connectivity index (χ2n) is 5.00. The van der Waals surface area contributed by atoms with Gasteiger partial charge in [-0.2, -0.15) is 0 Å². The van der Waals surface area contributed by atoms with Crippen molar-refractivity contribution in [2.45, 2.75) is 38.8 Å². The fourth-order valence-corrected chi connectivity index (χ4v) is 2.37. The molecule has 2 N–H and O–H groups in total. The van der Waals surface area contributed by atoms with E-state index in [-0.39, 0.29) is 0 Å². The van der Waals surface area contributed by atoms with E-state index in [4.69, 9.17) is 12.2 Å². The molecule has 1 fully saturated rings. The van der Waals surface area contributed by atoms with Crippen LogP contribution in [0.5, 0.6) is 0 Å². The lowest BCUT2D eigenvalue weighted by molar-refractivity contribution is 0.558. The van der Waals surface area contributed by atoms with Crippen LogP contribution in [0.2, 0.25) is 0 Å². The van der Waals surface area contributed by atoms with Crippen LogP contribution >= 0.6 is 12.2 Å².